The molecule has 2 N–H and O–H groups in total. The summed E-state index contributed by atoms with van der Waals surface area (Å²) in [6, 6.07) is 5.04. The highest BCUT2D eigenvalue weighted by atomic mass is 19.1. The van der Waals surface area contributed by atoms with Gasteiger partial charge in [-0.25, -0.2) is 4.39 Å². The van der Waals surface area contributed by atoms with Gasteiger partial charge in [-0.15, -0.1) is 0 Å². The van der Waals surface area contributed by atoms with E-state index < -0.39 is 0 Å². The summed E-state index contributed by atoms with van der Waals surface area (Å²) in [6.07, 6.45) is 2.87. The van der Waals surface area contributed by atoms with Crippen molar-refractivity contribution in [3.63, 3.8) is 0 Å². The molecule has 0 aliphatic rings. The molecule has 96 valence electrons. The van der Waals surface area contributed by atoms with Gasteiger partial charge in [0.1, 0.15) is 5.82 Å². The minimum Gasteiger partial charge on any atom is -0.326 e. The lowest BCUT2D eigenvalue weighted by atomic mass is 10.0. The van der Waals surface area contributed by atoms with E-state index in [-0.39, 0.29) is 12.4 Å². The van der Waals surface area contributed by atoms with Gasteiger partial charge in [-0.2, -0.15) is 5.10 Å². The molecule has 3 nitrogen and oxygen atoms in total. The maximum Gasteiger partial charge on any atom is 0.127 e. The molecule has 0 saturated carbocycles. The van der Waals surface area contributed by atoms with Crippen LogP contribution in [0.15, 0.2) is 24.4 Å². The van der Waals surface area contributed by atoms with Gasteiger partial charge in [0.05, 0.1) is 6.20 Å². The number of nitrogens with two attached hydrogens (primary N) is 1. The number of aryl methyl sites for hydroxylation is 1. The molecular formula is C14H18FN3. The standard InChI is InChI=1S/C14H18FN3/c1-3-6-18-10(2)13(9-17-18)11-4-5-14(15)12(7-11)8-16/h4-5,7,9H,3,6,8,16H2,1-2H3. The highest BCUT2D eigenvalue weighted by Crippen LogP contribution is 2.25. The Bertz CT molecular complexity index is 546. The largest absolute Gasteiger partial charge is 0.326 e. The summed E-state index contributed by atoms with van der Waals surface area (Å²) in [7, 11) is 0. The zero-order chi connectivity index (χ0) is 13.1. The molecule has 0 atom stereocenters. The van der Waals surface area contributed by atoms with E-state index in [2.05, 4.69) is 12.0 Å². The van der Waals surface area contributed by atoms with Crippen LogP contribution in [-0.2, 0) is 13.1 Å². The molecule has 0 fully saturated rings. The van der Waals surface area contributed by atoms with E-state index in [0.29, 0.717) is 5.56 Å². The maximum atomic E-state index is 13.4. The summed E-state index contributed by atoms with van der Waals surface area (Å²) in [5, 5.41) is 4.35. The number of aromatic nitrogens is 2. The monoisotopic (exact) mass is 247 g/mol. The van der Waals surface area contributed by atoms with Crippen LogP contribution in [0, 0.1) is 12.7 Å². The van der Waals surface area contributed by atoms with Gasteiger partial charge in [0.25, 0.3) is 0 Å². The van der Waals surface area contributed by atoms with Gasteiger partial charge in [0.15, 0.2) is 0 Å². The average molecular weight is 247 g/mol. The molecule has 0 bridgehead atoms. The zero-order valence-corrected chi connectivity index (χ0v) is 10.8. The van der Waals surface area contributed by atoms with Crippen molar-refractivity contribution in [1.29, 1.82) is 0 Å². The van der Waals surface area contributed by atoms with E-state index in [0.717, 1.165) is 29.8 Å². The van der Waals surface area contributed by atoms with Crippen molar-refractivity contribution in [2.24, 2.45) is 5.73 Å². The summed E-state index contributed by atoms with van der Waals surface area (Å²) in [5.74, 6) is -0.250. The lowest BCUT2D eigenvalue weighted by molar-refractivity contribution is 0.587. The number of benzene rings is 1. The minimum atomic E-state index is -0.250. The Hall–Kier alpha value is -1.68. The van der Waals surface area contributed by atoms with Gasteiger partial charge >= 0.3 is 0 Å². The first kappa shape index (κ1) is 12.8. The van der Waals surface area contributed by atoms with Crippen molar-refractivity contribution < 1.29 is 4.39 Å². The fourth-order valence-electron chi connectivity index (χ4n) is 2.07. The van der Waals surface area contributed by atoms with Crippen LogP contribution in [0.5, 0.6) is 0 Å². The Labute approximate surface area is 106 Å². The third-order valence-corrected chi connectivity index (χ3v) is 3.12. The lowest BCUT2D eigenvalue weighted by Crippen LogP contribution is -2.01. The van der Waals surface area contributed by atoms with Gasteiger partial charge in [-0.1, -0.05) is 13.0 Å². The van der Waals surface area contributed by atoms with Crippen molar-refractivity contribution in [2.45, 2.75) is 33.4 Å². The Balaban J connectivity index is 2.42. The van der Waals surface area contributed by atoms with Crippen molar-refractivity contribution in [2.75, 3.05) is 0 Å². The maximum absolute atomic E-state index is 13.4. The number of hydrogen-bond acceptors (Lipinski definition) is 2. The van der Waals surface area contributed by atoms with E-state index in [4.69, 9.17) is 5.73 Å². The lowest BCUT2D eigenvalue weighted by Gasteiger charge is -2.06. The summed E-state index contributed by atoms with van der Waals surface area (Å²) in [6.45, 7) is 5.26. The molecule has 0 saturated heterocycles. The molecule has 2 rings (SSSR count). The molecule has 0 radical (unpaired) electrons. The molecular weight excluding hydrogens is 229 g/mol. The first-order valence-electron chi connectivity index (χ1n) is 6.18. The van der Waals surface area contributed by atoms with E-state index in [1.54, 1.807) is 12.1 Å². The number of halogens is 1. The van der Waals surface area contributed by atoms with Crippen LogP contribution in [0.2, 0.25) is 0 Å². The van der Waals surface area contributed by atoms with E-state index in [1.807, 2.05) is 17.8 Å². The molecule has 0 aliphatic carbocycles. The van der Waals surface area contributed by atoms with Gasteiger partial charge in [0.2, 0.25) is 0 Å². The van der Waals surface area contributed by atoms with Crippen molar-refractivity contribution in [1.82, 2.24) is 9.78 Å². The quantitative estimate of drug-likeness (QED) is 0.902. The molecule has 1 heterocycles. The van der Waals surface area contributed by atoms with Crippen molar-refractivity contribution in [3.05, 3.63) is 41.5 Å². The molecule has 4 heteroatoms. The third-order valence-electron chi connectivity index (χ3n) is 3.12. The predicted molar refractivity (Wildman–Crippen MR) is 70.5 cm³/mol. The first-order chi connectivity index (χ1) is 8.67. The predicted octanol–water partition coefficient (Wildman–Crippen LogP) is 2.87. The highest BCUT2D eigenvalue weighted by Gasteiger charge is 2.10. The Morgan fingerprint density at radius 2 is 2.17 bits per heavy atom. The van der Waals surface area contributed by atoms with Crippen LogP contribution in [0.1, 0.15) is 24.6 Å². The minimum absolute atomic E-state index is 0.210. The Morgan fingerprint density at radius 3 is 2.83 bits per heavy atom. The summed E-state index contributed by atoms with van der Waals surface area (Å²) >= 11 is 0. The number of rotatable bonds is 4. The molecule has 0 unspecified atom stereocenters. The Morgan fingerprint density at radius 1 is 1.39 bits per heavy atom. The molecule has 0 amide bonds. The average Bonchev–Trinajstić information content (AvgIpc) is 2.73. The SMILES string of the molecule is CCCn1ncc(-c2ccc(F)c(CN)c2)c1C. The molecule has 0 aliphatic heterocycles. The first-order valence-corrected chi connectivity index (χ1v) is 6.18. The van der Waals surface area contributed by atoms with Gasteiger partial charge in [0, 0.05) is 29.9 Å². The molecule has 1 aromatic carbocycles. The topological polar surface area (TPSA) is 43.8 Å². The van der Waals surface area contributed by atoms with E-state index >= 15 is 0 Å². The van der Waals surface area contributed by atoms with Crippen LogP contribution in [0.4, 0.5) is 4.39 Å². The molecule has 18 heavy (non-hydrogen) atoms. The van der Waals surface area contributed by atoms with Crippen molar-refractivity contribution >= 4 is 0 Å². The summed E-state index contributed by atoms with van der Waals surface area (Å²) in [5.41, 5.74) is 9.18. The van der Waals surface area contributed by atoms with Crippen molar-refractivity contribution in [3.8, 4) is 11.1 Å². The number of hydrogen-bond donors (Lipinski definition) is 1. The van der Waals surface area contributed by atoms with Crippen LogP contribution in [-0.4, -0.2) is 9.78 Å². The smallest absolute Gasteiger partial charge is 0.127 e. The molecule has 1 aromatic heterocycles. The normalized spacial score (nSPS) is 10.9. The Kier molecular flexibility index (Phi) is 3.77. The van der Waals surface area contributed by atoms with E-state index in [1.165, 1.54) is 6.07 Å². The summed E-state index contributed by atoms with van der Waals surface area (Å²) < 4.78 is 15.4. The molecule has 2 aromatic rings. The van der Waals surface area contributed by atoms with Gasteiger partial charge < -0.3 is 5.73 Å². The second-order valence-corrected chi connectivity index (χ2v) is 4.38. The fraction of sp³-hybridized carbons (Fsp3) is 0.357. The van der Waals surface area contributed by atoms with E-state index in [9.17, 15) is 4.39 Å². The molecule has 0 spiro atoms. The third kappa shape index (κ3) is 2.29. The summed E-state index contributed by atoms with van der Waals surface area (Å²) in [4.78, 5) is 0. The van der Waals surface area contributed by atoms with Crippen LogP contribution in [0.25, 0.3) is 11.1 Å². The highest BCUT2D eigenvalue weighted by molar-refractivity contribution is 5.66. The zero-order valence-electron chi connectivity index (χ0n) is 10.8. The van der Waals surface area contributed by atoms with Gasteiger partial charge in [-0.3, -0.25) is 4.68 Å². The van der Waals surface area contributed by atoms with Crippen LogP contribution in [0.3, 0.4) is 0 Å². The number of nitrogens with zero attached hydrogens (tertiary/aromatic N) is 2. The second-order valence-electron chi connectivity index (χ2n) is 4.38. The van der Waals surface area contributed by atoms with Crippen LogP contribution >= 0.6 is 0 Å². The van der Waals surface area contributed by atoms with Crippen LogP contribution < -0.4 is 5.73 Å². The van der Waals surface area contributed by atoms with Gasteiger partial charge in [-0.05, 0) is 31.0 Å². The second kappa shape index (κ2) is 5.31. The fourth-order valence-corrected chi connectivity index (χ4v) is 2.07.